The summed E-state index contributed by atoms with van der Waals surface area (Å²) in [6, 6.07) is 11.7. The first-order chi connectivity index (χ1) is 10.5. The number of carbonyl (C=O) groups excluding carboxylic acids is 2. The minimum atomic E-state index is -0.463. The molecule has 1 N–H and O–H groups in total. The second-order valence-corrected chi connectivity index (χ2v) is 4.95. The molecular weight excluding hydrogens is 278 g/mol. The Bertz CT molecular complexity index is 745. The van der Waals surface area contributed by atoms with Crippen molar-refractivity contribution in [3.8, 4) is 6.07 Å². The lowest BCUT2D eigenvalue weighted by Gasteiger charge is -2.09. The maximum atomic E-state index is 12.3. The van der Waals surface area contributed by atoms with Crippen molar-refractivity contribution in [2.24, 2.45) is 0 Å². The molecule has 0 spiro atoms. The molecule has 5 heteroatoms. The highest BCUT2D eigenvalue weighted by Crippen LogP contribution is 2.10. The molecule has 0 bridgehead atoms. The molecule has 0 aliphatic heterocycles. The van der Waals surface area contributed by atoms with Gasteiger partial charge in [-0.3, -0.25) is 9.59 Å². The van der Waals surface area contributed by atoms with Gasteiger partial charge in [0.2, 0.25) is 6.04 Å². The van der Waals surface area contributed by atoms with E-state index < -0.39 is 6.04 Å². The summed E-state index contributed by atoms with van der Waals surface area (Å²) in [5, 5.41) is 11.5. The average molecular weight is 294 g/mol. The molecule has 0 unspecified atom stereocenters. The predicted octanol–water partition coefficient (Wildman–Crippen LogP) is 2.25. The minimum Gasteiger partial charge on any atom is -0.320 e. The summed E-state index contributed by atoms with van der Waals surface area (Å²) < 4.78 is 1.69. The van der Waals surface area contributed by atoms with E-state index in [9.17, 15) is 9.59 Å². The van der Waals surface area contributed by atoms with Gasteiger partial charge < -0.3 is 5.32 Å². The smallest absolute Gasteiger partial charge is 0.293 e. The number of pyridine rings is 1. The molecule has 2 aromatic rings. The third-order valence-electron chi connectivity index (χ3n) is 3.34. The highest BCUT2D eigenvalue weighted by molar-refractivity contribution is 5.94. The summed E-state index contributed by atoms with van der Waals surface area (Å²) in [7, 11) is 0. The summed E-state index contributed by atoms with van der Waals surface area (Å²) in [6.45, 7) is 3.24. The predicted molar refractivity (Wildman–Crippen MR) is 81.1 cm³/mol. The van der Waals surface area contributed by atoms with Gasteiger partial charge in [0.15, 0.2) is 18.2 Å². The van der Waals surface area contributed by atoms with Crippen LogP contribution in [0.1, 0.15) is 35.8 Å². The van der Waals surface area contributed by atoms with E-state index in [1.165, 1.54) is 6.92 Å². The quantitative estimate of drug-likeness (QED) is 0.694. The van der Waals surface area contributed by atoms with E-state index in [4.69, 9.17) is 5.26 Å². The first kappa shape index (κ1) is 15.4. The van der Waals surface area contributed by atoms with Gasteiger partial charge >= 0.3 is 0 Å². The Hall–Kier alpha value is -3.00. The van der Waals surface area contributed by atoms with Gasteiger partial charge in [-0.05, 0) is 37.3 Å². The van der Waals surface area contributed by atoms with Crippen LogP contribution in [0.25, 0.3) is 0 Å². The molecule has 0 aliphatic rings. The Morgan fingerprint density at radius 1 is 1.23 bits per heavy atom. The fourth-order valence-corrected chi connectivity index (χ4v) is 1.95. The van der Waals surface area contributed by atoms with Gasteiger partial charge in [-0.25, -0.2) is 0 Å². The van der Waals surface area contributed by atoms with Gasteiger partial charge in [0.1, 0.15) is 0 Å². The van der Waals surface area contributed by atoms with Crippen molar-refractivity contribution in [2.75, 3.05) is 5.32 Å². The molecule has 0 radical (unpaired) electrons. The lowest BCUT2D eigenvalue weighted by atomic mass is 10.2. The molecule has 22 heavy (non-hydrogen) atoms. The van der Waals surface area contributed by atoms with Crippen molar-refractivity contribution >= 4 is 17.4 Å². The molecule has 5 nitrogen and oxygen atoms in total. The summed E-state index contributed by atoms with van der Waals surface area (Å²) in [5.74, 6) is -0.246. The SMILES string of the molecule is CC(=O)c1ccc[n+]([C@@H](C)C(=O)Nc2ccc(C#N)cc2)c1. The zero-order valence-electron chi connectivity index (χ0n) is 12.4. The molecule has 1 amide bonds. The van der Waals surface area contributed by atoms with Gasteiger partial charge in [0.05, 0.1) is 17.2 Å². The zero-order valence-corrected chi connectivity index (χ0v) is 12.4. The molecule has 1 heterocycles. The molecular formula is C17H16N3O2+. The van der Waals surface area contributed by atoms with Crippen LogP contribution in [-0.4, -0.2) is 11.7 Å². The first-order valence-corrected chi connectivity index (χ1v) is 6.84. The Morgan fingerprint density at radius 2 is 1.91 bits per heavy atom. The summed E-state index contributed by atoms with van der Waals surface area (Å²) in [5.41, 5.74) is 1.72. The van der Waals surface area contributed by atoms with Crippen molar-refractivity contribution in [2.45, 2.75) is 19.9 Å². The highest BCUT2D eigenvalue weighted by atomic mass is 16.2. The number of rotatable bonds is 4. The number of ketones is 1. The number of carbonyl (C=O) groups is 2. The first-order valence-electron chi connectivity index (χ1n) is 6.84. The molecule has 1 aromatic heterocycles. The van der Waals surface area contributed by atoms with Crippen molar-refractivity contribution < 1.29 is 14.2 Å². The highest BCUT2D eigenvalue weighted by Gasteiger charge is 2.22. The summed E-state index contributed by atoms with van der Waals surface area (Å²) in [6.07, 6.45) is 3.40. The third-order valence-corrected chi connectivity index (χ3v) is 3.34. The number of amides is 1. The third kappa shape index (κ3) is 3.55. The standard InChI is InChI=1S/C17H15N3O2/c1-12(20-9-3-4-15(11-20)13(2)21)17(22)19-16-7-5-14(10-18)6-8-16/h3-9,11-12H,1-2H3/p+1/t12-/m0/s1. The van der Waals surface area contributed by atoms with Crippen LogP contribution in [0.15, 0.2) is 48.8 Å². The van der Waals surface area contributed by atoms with Crippen LogP contribution >= 0.6 is 0 Å². The fraction of sp³-hybridized carbons (Fsp3) is 0.176. The number of Topliss-reactive ketones (excluding diaryl/α,β-unsaturated/α-hetero) is 1. The lowest BCUT2D eigenvalue weighted by molar-refractivity contribution is -0.705. The van der Waals surface area contributed by atoms with Crippen molar-refractivity contribution in [1.82, 2.24) is 0 Å². The van der Waals surface area contributed by atoms with E-state index in [2.05, 4.69) is 5.32 Å². The topological polar surface area (TPSA) is 73.8 Å². The monoisotopic (exact) mass is 294 g/mol. The van der Waals surface area contributed by atoms with Crippen LogP contribution < -0.4 is 9.88 Å². The minimum absolute atomic E-state index is 0.0472. The molecule has 0 aliphatic carbocycles. The molecule has 1 atom stereocenters. The molecule has 0 saturated heterocycles. The van der Waals surface area contributed by atoms with Gasteiger partial charge in [0, 0.05) is 18.7 Å². The number of nitrogens with one attached hydrogen (secondary N) is 1. The normalized spacial score (nSPS) is 11.3. The van der Waals surface area contributed by atoms with Crippen LogP contribution in [0.5, 0.6) is 0 Å². The van der Waals surface area contributed by atoms with E-state index >= 15 is 0 Å². The Labute approximate surface area is 128 Å². The van der Waals surface area contributed by atoms with E-state index in [1.807, 2.05) is 6.07 Å². The van der Waals surface area contributed by atoms with E-state index in [1.54, 1.807) is 60.3 Å². The average Bonchev–Trinajstić information content (AvgIpc) is 2.54. The second-order valence-electron chi connectivity index (χ2n) is 4.95. The number of hydrogen-bond donors (Lipinski definition) is 1. The van der Waals surface area contributed by atoms with Crippen molar-refractivity contribution in [3.05, 3.63) is 59.9 Å². The van der Waals surface area contributed by atoms with Crippen molar-refractivity contribution in [3.63, 3.8) is 0 Å². The Kier molecular flexibility index (Phi) is 4.64. The summed E-state index contributed by atoms with van der Waals surface area (Å²) >= 11 is 0. The van der Waals surface area contributed by atoms with Gasteiger partial charge in [-0.2, -0.15) is 9.83 Å². The fourth-order valence-electron chi connectivity index (χ4n) is 1.95. The Morgan fingerprint density at radius 3 is 2.50 bits per heavy atom. The Balaban J connectivity index is 2.13. The van der Waals surface area contributed by atoms with Crippen LogP contribution in [0, 0.1) is 11.3 Å². The van der Waals surface area contributed by atoms with Gasteiger partial charge in [-0.1, -0.05) is 0 Å². The van der Waals surface area contributed by atoms with E-state index in [0.29, 0.717) is 16.8 Å². The van der Waals surface area contributed by atoms with Crippen LogP contribution in [0.2, 0.25) is 0 Å². The van der Waals surface area contributed by atoms with Gasteiger partial charge in [0.25, 0.3) is 5.91 Å². The molecule has 0 saturated carbocycles. The van der Waals surface area contributed by atoms with E-state index in [0.717, 1.165) is 0 Å². The molecule has 0 fully saturated rings. The molecule has 1 aromatic carbocycles. The number of nitrogens with zero attached hydrogens (tertiary/aromatic N) is 2. The van der Waals surface area contributed by atoms with E-state index in [-0.39, 0.29) is 11.7 Å². The number of benzene rings is 1. The van der Waals surface area contributed by atoms with Crippen LogP contribution in [-0.2, 0) is 4.79 Å². The number of hydrogen-bond acceptors (Lipinski definition) is 3. The maximum Gasteiger partial charge on any atom is 0.293 e. The maximum absolute atomic E-state index is 12.3. The second kappa shape index (κ2) is 6.64. The van der Waals surface area contributed by atoms with Crippen LogP contribution in [0.4, 0.5) is 5.69 Å². The summed E-state index contributed by atoms with van der Waals surface area (Å²) in [4.78, 5) is 23.7. The number of anilines is 1. The zero-order chi connectivity index (χ0) is 16.1. The largest absolute Gasteiger partial charge is 0.320 e. The lowest BCUT2D eigenvalue weighted by Crippen LogP contribution is -2.44. The molecule has 110 valence electrons. The van der Waals surface area contributed by atoms with Crippen LogP contribution in [0.3, 0.4) is 0 Å². The molecule has 2 rings (SSSR count). The number of nitriles is 1. The van der Waals surface area contributed by atoms with Crippen molar-refractivity contribution in [1.29, 1.82) is 5.26 Å². The van der Waals surface area contributed by atoms with Gasteiger partial charge in [-0.15, -0.1) is 0 Å². The number of aromatic nitrogens is 1.